The summed E-state index contributed by atoms with van der Waals surface area (Å²) in [6.07, 6.45) is 29.3. The molecule has 0 aromatic heterocycles. The molecular weight excluding hydrogens is 837 g/mol. The van der Waals surface area contributed by atoms with Gasteiger partial charge in [-0.2, -0.15) is 0 Å². The zero-order valence-corrected chi connectivity index (χ0v) is 46.6. The van der Waals surface area contributed by atoms with E-state index in [1.807, 2.05) is 0 Å². The Balaban J connectivity index is 1.67. The van der Waals surface area contributed by atoms with Gasteiger partial charge in [-0.15, -0.1) is 0 Å². The van der Waals surface area contributed by atoms with E-state index in [9.17, 15) is 0 Å². The van der Waals surface area contributed by atoms with Gasteiger partial charge in [0.1, 0.15) is 11.5 Å². The maximum absolute atomic E-state index is 5.96. The first kappa shape index (κ1) is 58.5. The highest BCUT2D eigenvalue weighted by Crippen LogP contribution is 2.32. The average Bonchev–Trinajstić information content (AvgIpc) is 3.26. The van der Waals surface area contributed by atoms with Gasteiger partial charge in [0.15, 0.2) is 0 Å². The maximum Gasteiger partial charge on any atom is 0.126 e. The first-order valence-corrected chi connectivity index (χ1v) is 26.7. The molecule has 382 valence electrons. The summed E-state index contributed by atoms with van der Waals surface area (Å²) in [4.78, 5) is 5.26. The van der Waals surface area contributed by atoms with E-state index in [0.29, 0.717) is 0 Å². The van der Waals surface area contributed by atoms with Crippen LogP contribution in [-0.4, -0.2) is 169 Å². The summed E-state index contributed by atoms with van der Waals surface area (Å²) in [5.41, 5.74) is 7.00. The molecule has 0 heterocycles. The van der Waals surface area contributed by atoms with E-state index in [1.54, 1.807) is 14.2 Å². The molecule has 8 heteroatoms. The maximum atomic E-state index is 5.96. The van der Waals surface area contributed by atoms with E-state index in [-0.39, 0.29) is 0 Å². The van der Waals surface area contributed by atoms with Crippen molar-refractivity contribution in [2.24, 2.45) is 0 Å². The molecule has 0 saturated carbocycles. The van der Waals surface area contributed by atoms with Gasteiger partial charge >= 0.3 is 0 Å². The van der Waals surface area contributed by atoms with Gasteiger partial charge in [0.25, 0.3) is 0 Å². The van der Waals surface area contributed by atoms with Crippen LogP contribution in [0.15, 0.2) is 60.7 Å². The molecule has 3 aromatic rings. The standard InChI is InChI=1S/C60H104N6O2/c1-63(2,3)47-27-19-15-23-43-61(44-24-16-20-28-48-64(4,5)6)57-39-33-53(34-40-57)31-37-55-51-60(68-14)56(52-59(55)67-13)38-32-54-35-41-58(42-36-54)62(45-25-17-21-29-49-65(7,8)9)46-26-18-22-30-50-66(10,11)12/h31-42,51-52H,15-30,43-50H2,1-14H3/q+4. The highest BCUT2D eigenvalue weighted by Gasteiger charge is 2.13. The summed E-state index contributed by atoms with van der Waals surface area (Å²) in [5, 5.41) is 0. The molecule has 0 aliphatic carbocycles. The van der Waals surface area contributed by atoms with Gasteiger partial charge in [0, 0.05) is 48.7 Å². The minimum absolute atomic E-state index is 0.827. The smallest absolute Gasteiger partial charge is 0.126 e. The molecule has 3 aromatic carbocycles. The third kappa shape index (κ3) is 26.2. The largest absolute Gasteiger partial charge is 0.496 e. The predicted octanol–water partition coefficient (Wildman–Crippen LogP) is 12.7. The van der Waals surface area contributed by atoms with E-state index in [2.05, 4.69) is 179 Å². The molecule has 0 aliphatic rings. The number of anilines is 2. The van der Waals surface area contributed by atoms with Crippen LogP contribution in [0, 0.1) is 0 Å². The Labute approximate surface area is 419 Å². The molecule has 0 aliphatic heterocycles. The minimum atomic E-state index is 0.827. The van der Waals surface area contributed by atoms with Crippen molar-refractivity contribution in [2.45, 2.75) is 103 Å². The van der Waals surface area contributed by atoms with Crippen LogP contribution in [0.3, 0.4) is 0 Å². The Morgan fingerprint density at radius 2 is 0.588 bits per heavy atom. The molecular formula is C60H104N6O2+4. The van der Waals surface area contributed by atoms with Gasteiger partial charge in [-0.05, 0) is 125 Å². The van der Waals surface area contributed by atoms with Crippen molar-refractivity contribution in [2.75, 3.05) is 161 Å². The van der Waals surface area contributed by atoms with E-state index >= 15 is 0 Å². The van der Waals surface area contributed by atoms with Crippen LogP contribution >= 0.6 is 0 Å². The van der Waals surface area contributed by atoms with Crippen LogP contribution in [0.2, 0.25) is 0 Å². The summed E-state index contributed by atoms with van der Waals surface area (Å²) in [7, 11) is 31.1. The minimum Gasteiger partial charge on any atom is -0.496 e. The molecule has 0 amide bonds. The van der Waals surface area contributed by atoms with Crippen LogP contribution in [0.5, 0.6) is 11.5 Å². The summed E-state index contributed by atoms with van der Waals surface area (Å²) in [6.45, 7) is 9.47. The van der Waals surface area contributed by atoms with Gasteiger partial charge in [0.2, 0.25) is 0 Å². The zero-order chi connectivity index (χ0) is 50.1. The fraction of sp³-hybridized carbons (Fsp3) is 0.633. The Morgan fingerprint density at radius 1 is 0.338 bits per heavy atom. The van der Waals surface area contributed by atoms with Crippen molar-refractivity contribution < 1.29 is 27.4 Å². The number of hydrogen-bond donors (Lipinski definition) is 0. The molecule has 8 nitrogen and oxygen atoms in total. The number of methoxy groups -OCH3 is 2. The fourth-order valence-corrected chi connectivity index (χ4v) is 8.88. The average molecular weight is 942 g/mol. The quantitative estimate of drug-likeness (QED) is 0.0329. The van der Waals surface area contributed by atoms with Gasteiger partial charge in [-0.1, -0.05) is 74.3 Å². The van der Waals surface area contributed by atoms with Gasteiger partial charge in [-0.3, -0.25) is 0 Å². The second-order valence-electron chi connectivity index (χ2n) is 23.9. The number of ether oxygens (including phenoxy) is 2. The predicted molar refractivity (Wildman–Crippen MR) is 300 cm³/mol. The summed E-state index contributed by atoms with van der Waals surface area (Å²) < 4.78 is 16.1. The topological polar surface area (TPSA) is 24.9 Å². The second kappa shape index (κ2) is 30.0. The second-order valence-corrected chi connectivity index (χ2v) is 23.9. The van der Waals surface area contributed by atoms with E-state index in [0.717, 1.165) is 66.7 Å². The number of unbranched alkanes of at least 4 members (excludes halogenated alkanes) is 12. The molecule has 0 saturated heterocycles. The van der Waals surface area contributed by atoms with Crippen molar-refractivity contribution in [1.82, 2.24) is 0 Å². The Bertz CT molecular complexity index is 1670. The number of benzene rings is 3. The van der Waals surface area contributed by atoms with Crippen molar-refractivity contribution >= 4 is 35.7 Å². The molecule has 0 radical (unpaired) electrons. The molecule has 0 N–H and O–H groups in total. The lowest BCUT2D eigenvalue weighted by Gasteiger charge is -2.26. The van der Waals surface area contributed by atoms with Crippen LogP contribution in [0.25, 0.3) is 24.3 Å². The molecule has 0 fully saturated rings. The number of nitrogens with zero attached hydrogens (tertiary/aromatic N) is 6. The van der Waals surface area contributed by atoms with Crippen LogP contribution in [0.1, 0.15) is 125 Å². The molecule has 0 unspecified atom stereocenters. The van der Waals surface area contributed by atoms with Crippen LogP contribution < -0.4 is 19.3 Å². The fourth-order valence-electron chi connectivity index (χ4n) is 8.88. The molecule has 3 rings (SSSR count). The van der Waals surface area contributed by atoms with Gasteiger partial charge < -0.3 is 37.2 Å². The highest BCUT2D eigenvalue weighted by molar-refractivity contribution is 5.79. The van der Waals surface area contributed by atoms with Gasteiger partial charge in [0.05, 0.1) is 125 Å². The monoisotopic (exact) mass is 941 g/mol. The summed E-state index contributed by atoms with van der Waals surface area (Å²) >= 11 is 0. The van der Waals surface area contributed by atoms with E-state index < -0.39 is 0 Å². The third-order valence-corrected chi connectivity index (χ3v) is 13.0. The first-order valence-electron chi connectivity index (χ1n) is 26.7. The lowest BCUT2D eigenvalue weighted by atomic mass is 10.0. The molecule has 0 atom stereocenters. The third-order valence-electron chi connectivity index (χ3n) is 13.0. The van der Waals surface area contributed by atoms with E-state index in [1.165, 1.54) is 151 Å². The Hall–Kier alpha value is -3.82. The Morgan fingerprint density at radius 3 is 0.824 bits per heavy atom. The SMILES string of the molecule is COc1cc(C=Cc2ccc(N(CCCCCC[N+](C)(C)C)CCCCCC[N+](C)(C)C)cc2)c(OC)cc1C=Cc1ccc(N(CCCCCC[N+](C)(C)C)CCCCCC[N+](C)(C)C)cc1. The molecule has 0 spiro atoms. The zero-order valence-electron chi connectivity index (χ0n) is 46.6. The van der Waals surface area contributed by atoms with Crippen molar-refractivity contribution in [3.05, 3.63) is 82.9 Å². The van der Waals surface area contributed by atoms with Crippen LogP contribution in [0.4, 0.5) is 11.4 Å². The Kier molecular flexibility index (Phi) is 25.8. The van der Waals surface area contributed by atoms with Gasteiger partial charge in [-0.25, -0.2) is 0 Å². The van der Waals surface area contributed by atoms with Crippen molar-refractivity contribution in [1.29, 1.82) is 0 Å². The number of rotatable bonds is 36. The van der Waals surface area contributed by atoms with E-state index in [4.69, 9.17) is 9.47 Å². The summed E-state index contributed by atoms with van der Waals surface area (Å²) in [6, 6.07) is 22.5. The highest BCUT2D eigenvalue weighted by atomic mass is 16.5. The normalized spacial score (nSPS) is 12.7. The van der Waals surface area contributed by atoms with Crippen molar-refractivity contribution in [3.63, 3.8) is 0 Å². The lowest BCUT2D eigenvalue weighted by molar-refractivity contribution is -0.870. The first-order chi connectivity index (χ1) is 32.1. The number of quaternary nitrogens is 4. The lowest BCUT2D eigenvalue weighted by Crippen LogP contribution is -2.35. The molecule has 0 bridgehead atoms. The van der Waals surface area contributed by atoms with Crippen molar-refractivity contribution in [3.8, 4) is 11.5 Å². The summed E-state index contributed by atoms with van der Waals surface area (Å²) in [5.74, 6) is 1.65. The number of hydrogen-bond acceptors (Lipinski definition) is 4. The van der Waals surface area contributed by atoms with Crippen LogP contribution in [-0.2, 0) is 0 Å². The molecule has 68 heavy (non-hydrogen) atoms.